The van der Waals surface area contributed by atoms with Crippen LogP contribution >= 0.6 is 0 Å². The van der Waals surface area contributed by atoms with E-state index in [9.17, 15) is 9.59 Å². The van der Waals surface area contributed by atoms with Crippen molar-refractivity contribution in [3.8, 4) is 23.0 Å². The van der Waals surface area contributed by atoms with Crippen LogP contribution in [0.5, 0.6) is 23.0 Å². The van der Waals surface area contributed by atoms with Crippen LogP contribution in [-0.2, 0) is 11.4 Å². The van der Waals surface area contributed by atoms with Crippen molar-refractivity contribution in [1.82, 2.24) is 10.7 Å². The Morgan fingerprint density at radius 2 is 1.71 bits per heavy atom. The van der Waals surface area contributed by atoms with Crippen LogP contribution in [0.15, 0.2) is 71.8 Å². The van der Waals surface area contributed by atoms with Crippen molar-refractivity contribution in [2.24, 2.45) is 5.10 Å². The van der Waals surface area contributed by atoms with Gasteiger partial charge in [0.25, 0.3) is 11.8 Å². The van der Waals surface area contributed by atoms with E-state index in [-0.39, 0.29) is 13.3 Å². The first-order valence-corrected chi connectivity index (χ1v) is 10.5. The van der Waals surface area contributed by atoms with E-state index in [4.69, 9.17) is 18.9 Å². The molecule has 1 heterocycles. The second kappa shape index (κ2) is 10.9. The molecule has 1 aliphatic rings. The largest absolute Gasteiger partial charge is 0.497 e. The molecule has 0 fully saturated rings. The molecule has 2 amide bonds. The van der Waals surface area contributed by atoms with Gasteiger partial charge in [0.15, 0.2) is 11.5 Å². The smallest absolute Gasteiger partial charge is 0.259 e. The molecule has 0 atom stereocenters. The fraction of sp³-hybridized carbons (Fsp3) is 0.160. The monoisotopic (exact) mass is 461 g/mol. The zero-order valence-corrected chi connectivity index (χ0v) is 18.4. The van der Waals surface area contributed by atoms with Gasteiger partial charge in [-0.25, -0.2) is 5.43 Å². The molecule has 9 heteroatoms. The highest BCUT2D eigenvalue weighted by Gasteiger charge is 2.16. The molecule has 3 aromatic carbocycles. The van der Waals surface area contributed by atoms with Crippen molar-refractivity contribution in [3.05, 3.63) is 83.4 Å². The minimum absolute atomic E-state index is 0.125. The van der Waals surface area contributed by atoms with Crippen LogP contribution in [0.2, 0.25) is 0 Å². The normalized spacial score (nSPS) is 11.8. The van der Waals surface area contributed by atoms with E-state index in [0.717, 1.165) is 16.9 Å². The van der Waals surface area contributed by atoms with Gasteiger partial charge in [0, 0.05) is 5.56 Å². The summed E-state index contributed by atoms with van der Waals surface area (Å²) in [4.78, 5) is 24.2. The molecule has 0 saturated carbocycles. The van der Waals surface area contributed by atoms with Crippen molar-refractivity contribution in [1.29, 1.82) is 0 Å². The second-order valence-electron chi connectivity index (χ2n) is 7.25. The predicted octanol–water partition coefficient (Wildman–Crippen LogP) is 2.88. The Morgan fingerprint density at radius 3 is 2.47 bits per heavy atom. The fourth-order valence-electron chi connectivity index (χ4n) is 3.06. The predicted molar refractivity (Wildman–Crippen MR) is 124 cm³/mol. The summed E-state index contributed by atoms with van der Waals surface area (Å²) in [6, 6.07) is 19.8. The summed E-state index contributed by atoms with van der Waals surface area (Å²) in [6.45, 7) is 0.342. The van der Waals surface area contributed by atoms with Crippen molar-refractivity contribution >= 4 is 18.0 Å². The SMILES string of the molecule is COc1ccc(COc2ccc(C=NNC(=O)CNC(=O)c3ccc4c(c3)OCO4)cc2)cc1. The zero-order valence-electron chi connectivity index (χ0n) is 18.4. The van der Waals surface area contributed by atoms with Gasteiger partial charge in [0.05, 0.1) is 19.9 Å². The number of ether oxygens (including phenoxy) is 4. The number of methoxy groups -OCH3 is 1. The summed E-state index contributed by atoms with van der Waals surface area (Å²) in [6.07, 6.45) is 1.50. The third-order valence-electron chi connectivity index (χ3n) is 4.89. The Hall–Kier alpha value is -4.53. The first kappa shape index (κ1) is 22.7. The lowest BCUT2D eigenvalue weighted by Gasteiger charge is -2.07. The molecule has 0 saturated heterocycles. The maximum Gasteiger partial charge on any atom is 0.259 e. The summed E-state index contributed by atoms with van der Waals surface area (Å²) in [7, 11) is 1.63. The lowest BCUT2D eigenvalue weighted by Crippen LogP contribution is -2.34. The summed E-state index contributed by atoms with van der Waals surface area (Å²) in [5, 5.41) is 6.45. The van der Waals surface area contributed by atoms with Gasteiger partial charge in [-0.3, -0.25) is 9.59 Å². The molecule has 0 bridgehead atoms. The number of fused-ring (bicyclic) bond motifs is 1. The maximum atomic E-state index is 12.2. The van der Waals surface area contributed by atoms with Crippen LogP contribution in [-0.4, -0.2) is 38.5 Å². The molecule has 0 unspecified atom stereocenters. The minimum atomic E-state index is -0.454. The molecule has 0 radical (unpaired) electrons. The standard InChI is InChI=1S/C25H23N3O6/c1-31-20-7-4-18(5-8-20)15-32-21-9-2-17(3-10-21)13-27-28-24(29)14-26-25(30)19-6-11-22-23(12-19)34-16-33-22/h2-13H,14-16H2,1H3,(H,26,30)(H,28,29). The van der Waals surface area contributed by atoms with E-state index in [0.29, 0.717) is 29.4 Å². The third kappa shape index (κ3) is 6.04. The lowest BCUT2D eigenvalue weighted by molar-refractivity contribution is -0.120. The molecule has 1 aliphatic heterocycles. The number of hydrogen-bond acceptors (Lipinski definition) is 7. The van der Waals surface area contributed by atoms with Crippen molar-refractivity contribution in [2.75, 3.05) is 20.4 Å². The molecule has 4 rings (SSSR count). The lowest BCUT2D eigenvalue weighted by atomic mass is 10.2. The second-order valence-corrected chi connectivity index (χ2v) is 7.25. The van der Waals surface area contributed by atoms with E-state index in [1.54, 1.807) is 25.3 Å². The molecule has 2 N–H and O–H groups in total. The van der Waals surface area contributed by atoms with Crippen LogP contribution in [0.4, 0.5) is 0 Å². The average molecular weight is 461 g/mol. The average Bonchev–Trinajstić information content (AvgIpc) is 3.35. The third-order valence-corrected chi connectivity index (χ3v) is 4.89. The van der Waals surface area contributed by atoms with Gasteiger partial charge in [-0.2, -0.15) is 5.10 Å². The molecular formula is C25H23N3O6. The van der Waals surface area contributed by atoms with E-state index < -0.39 is 11.8 Å². The Morgan fingerprint density at radius 1 is 0.971 bits per heavy atom. The summed E-state index contributed by atoms with van der Waals surface area (Å²) < 4.78 is 21.4. The van der Waals surface area contributed by atoms with Gasteiger partial charge in [-0.05, 0) is 65.7 Å². The highest BCUT2D eigenvalue weighted by atomic mass is 16.7. The molecule has 0 aromatic heterocycles. The van der Waals surface area contributed by atoms with Crippen molar-refractivity contribution < 1.29 is 28.5 Å². The fourth-order valence-corrected chi connectivity index (χ4v) is 3.06. The first-order valence-electron chi connectivity index (χ1n) is 10.5. The number of carbonyl (C=O) groups excluding carboxylic acids is 2. The molecular weight excluding hydrogens is 438 g/mol. The Labute approximate surface area is 196 Å². The van der Waals surface area contributed by atoms with Gasteiger partial charge in [-0.15, -0.1) is 0 Å². The van der Waals surface area contributed by atoms with Gasteiger partial charge >= 0.3 is 0 Å². The van der Waals surface area contributed by atoms with E-state index in [2.05, 4.69) is 15.8 Å². The molecule has 0 spiro atoms. The van der Waals surface area contributed by atoms with Crippen LogP contribution in [0.25, 0.3) is 0 Å². The maximum absolute atomic E-state index is 12.2. The quantitative estimate of drug-likeness (QED) is 0.375. The number of nitrogens with one attached hydrogen (secondary N) is 2. The Kier molecular flexibility index (Phi) is 7.24. The number of carbonyl (C=O) groups is 2. The van der Waals surface area contributed by atoms with Crippen LogP contribution in [0, 0.1) is 0 Å². The van der Waals surface area contributed by atoms with Gasteiger partial charge in [0.1, 0.15) is 18.1 Å². The molecule has 9 nitrogen and oxygen atoms in total. The Bertz CT molecular complexity index is 1180. The number of hydrazone groups is 1. The molecule has 3 aromatic rings. The number of hydrogen-bond donors (Lipinski definition) is 2. The molecule has 174 valence electrons. The van der Waals surface area contributed by atoms with Crippen LogP contribution in [0.1, 0.15) is 21.5 Å². The molecule has 34 heavy (non-hydrogen) atoms. The first-order chi connectivity index (χ1) is 16.6. The highest BCUT2D eigenvalue weighted by molar-refractivity contribution is 5.97. The summed E-state index contributed by atoms with van der Waals surface area (Å²) >= 11 is 0. The number of nitrogens with zero attached hydrogens (tertiary/aromatic N) is 1. The van der Waals surface area contributed by atoms with Crippen LogP contribution < -0.4 is 29.7 Å². The zero-order chi connectivity index (χ0) is 23.8. The number of rotatable bonds is 9. The Balaban J connectivity index is 1.19. The van der Waals surface area contributed by atoms with Crippen molar-refractivity contribution in [2.45, 2.75) is 6.61 Å². The van der Waals surface area contributed by atoms with E-state index in [1.807, 2.05) is 48.5 Å². The van der Waals surface area contributed by atoms with E-state index >= 15 is 0 Å². The highest BCUT2D eigenvalue weighted by Crippen LogP contribution is 2.32. The van der Waals surface area contributed by atoms with Crippen LogP contribution in [0.3, 0.4) is 0 Å². The summed E-state index contributed by atoms with van der Waals surface area (Å²) in [5.74, 6) is 1.74. The van der Waals surface area contributed by atoms with E-state index in [1.165, 1.54) is 6.21 Å². The number of amides is 2. The van der Waals surface area contributed by atoms with Crippen molar-refractivity contribution in [3.63, 3.8) is 0 Å². The van der Waals surface area contributed by atoms with Gasteiger partial charge in [-0.1, -0.05) is 12.1 Å². The minimum Gasteiger partial charge on any atom is -0.497 e. The molecule has 0 aliphatic carbocycles. The van der Waals surface area contributed by atoms with Gasteiger partial charge in [0.2, 0.25) is 6.79 Å². The topological polar surface area (TPSA) is 107 Å². The van der Waals surface area contributed by atoms with Gasteiger partial charge < -0.3 is 24.3 Å². The summed E-state index contributed by atoms with van der Waals surface area (Å²) in [5.41, 5.74) is 4.56. The number of benzene rings is 3.